The summed E-state index contributed by atoms with van der Waals surface area (Å²) in [6, 6.07) is 7.31. The molecule has 1 atom stereocenters. The number of halogens is 1. The first-order valence-corrected chi connectivity index (χ1v) is 5.90. The van der Waals surface area contributed by atoms with Crippen molar-refractivity contribution in [1.29, 1.82) is 0 Å². The fourth-order valence-electron chi connectivity index (χ4n) is 1.87. The summed E-state index contributed by atoms with van der Waals surface area (Å²) >= 11 is 6.05. The molecule has 0 saturated carbocycles. The van der Waals surface area contributed by atoms with Gasteiger partial charge in [-0.1, -0.05) is 11.6 Å². The highest BCUT2D eigenvalue weighted by Crippen LogP contribution is 2.31. The third-order valence-corrected chi connectivity index (χ3v) is 2.93. The molecule has 0 bridgehead atoms. The minimum Gasteiger partial charge on any atom is -0.496 e. The van der Waals surface area contributed by atoms with Crippen LogP contribution in [0.1, 0.15) is 17.3 Å². The van der Waals surface area contributed by atoms with Crippen molar-refractivity contribution >= 4 is 11.6 Å². The van der Waals surface area contributed by atoms with Gasteiger partial charge in [0.2, 0.25) is 0 Å². The Balaban J connectivity index is 2.48. The van der Waals surface area contributed by atoms with E-state index in [1.165, 1.54) is 6.33 Å². The highest BCUT2D eigenvalue weighted by Gasteiger charge is 2.18. The second kappa shape index (κ2) is 5.80. The smallest absolute Gasteiger partial charge is 0.124 e. The second-order valence-electron chi connectivity index (χ2n) is 3.74. The van der Waals surface area contributed by atoms with Gasteiger partial charge in [-0.05, 0) is 31.3 Å². The van der Waals surface area contributed by atoms with Gasteiger partial charge in [-0.3, -0.25) is 0 Å². The van der Waals surface area contributed by atoms with Gasteiger partial charge in [0.15, 0.2) is 0 Å². The van der Waals surface area contributed by atoms with Crippen molar-refractivity contribution in [1.82, 2.24) is 15.3 Å². The Morgan fingerprint density at radius 3 is 2.78 bits per heavy atom. The third-order valence-electron chi connectivity index (χ3n) is 2.69. The number of nitrogens with one attached hydrogen (secondary N) is 1. The first kappa shape index (κ1) is 12.8. The predicted molar refractivity (Wildman–Crippen MR) is 70.9 cm³/mol. The quantitative estimate of drug-likeness (QED) is 0.920. The van der Waals surface area contributed by atoms with Crippen molar-refractivity contribution in [3.05, 3.63) is 53.1 Å². The van der Waals surface area contributed by atoms with Gasteiger partial charge in [0.1, 0.15) is 12.1 Å². The van der Waals surface area contributed by atoms with Crippen LogP contribution in [0.2, 0.25) is 5.02 Å². The standard InChI is InChI=1S/C13H14ClN3O/c1-15-13(11-5-6-16-8-17-11)10-7-9(14)3-4-12(10)18-2/h3-8,13,15H,1-2H3. The fourth-order valence-corrected chi connectivity index (χ4v) is 2.05. The molecule has 1 N–H and O–H groups in total. The number of hydrogen-bond donors (Lipinski definition) is 1. The molecule has 1 unspecified atom stereocenters. The molecule has 2 aromatic rings. The molecule has 94 valence electrons. The van der Waals surface area contributed by atoms with Crippen molar-refractivity contribution in [3.8, 4) is 5.75 Å². The van der Waals surface area contributed by atoms with E-state index in [1.54, 1.807) is 19.4 Å². The molecule has 0 spiro atoms. The van der Waals surface area contributed by atoms with E-state index >= 15 is 0 Å². The zero-order valence-corrected chi connectivity index (χ0v) is 11.0. The maximum Gasteiger partial charge on any atom is 0.124 e. The van der Waals surface area contributed by atoms with Crippen LogP contribution in [0, 0.1) is 0 Å². The van der Waals surface area contributed by atoms with Gasteiger partial charge in [-0.15, -0.1) is 0 Å². The molecule has 0 aliphatic carbocycles. The van der Waals surface area contributed by atoms with Crippen LogP contribution < -0.4 is 10.1 Å². The summed E-state index contributed by atoms with van der Waals surface area (Å²) in [7, 11) is 3.51. The van der Waals surface area contributed by atoms with Gasteiger partial charge in [0, 0.05) is 16.8 Å². The third kappa shape index (κ3) is 2.60. The van der Waals surface area contributed by atoms with Crippen molar-refractivity contribution in [2.45, 2.75) is 6.04 Å². The Labute approximate surface area is 111 Å². The van der Waals surface area contributed by atoms with Gasteiger partial charge >= 0.3 is 0 Å². The van der Waals surface area contributed by atoms with E-state index in [4.69, 9.17) is 16.3 Å². The lowest BCUT2D eigenvalue weighted by atomic mass is 10.0. The van der Waals surface area contributed by atoms with Crippen molar-refractivity contribution in [3.63, 3.8) is 0 Å². The van der Waals surface area contributed by atoms with E-state index in [1.807, 2.05) is 25.2 Å². The highest BCUT2D eigenvalue weighted by molar-refractivity contribution is 6.30. The number of hydrogen-bond acceptors (Lipinski definition) is 4. The molecular formula is C13H14ClN3O. The van der Waals surface area contributed by atoms with Crippen LogP contribution in [0.15, 0.2) is 36.8 Å². The molecule has 4 nitrogen and oxygen atoms in total. The Hall–Kier alpha value is -1.65. The van der Waals surface area contributed by atoms with Crippen molar-refractivity contribution < 1.29 is 4.74 Å². The number of nitrogens with zero attached hydrogens (tertiary/aromatic N) is 2. The molecule has 0 amide bonds. The van der Waals surface area contributed by atoms with Gasteiger partial charge < -0.3 is 10.1 Å². The lowest BCUT2D eigenvalue weighted by Crippen LogP contribution is -2.19. The van der Waals surface area contributed by atoms with Crippen molar-refractivity contribution in [2.75, 3.05) is 14.2 Å². The topological polar surface area (TPSA) is 47.0 Å². The second-order valence-corrected chi connectivity index (χ2v) is 4.18. The van der Waals surface area contributed by atoms with Crippen LogP contribution >= 0.6 is 11.6 Å². The lowest BCUT2D eigenvalue weighted by Gasteiger charge is -2.19. The number of aromatic nitrogens is 2. The molecule has 1 aromatic carbocycles. The molecule has 0 fully saturated rings. The van der Waals surface area contributed by atoms with E-state index in [0.29, 0.717) is 5.02 Å². The van der Waals surface area contributed by atoms with Crippen LogP contribution in [0.4, 0.5) is 0 Å². The minimum atomic E-state index is -0.0818. The normalized spacial score (nSPS) is 12.2. The van der Waals surface area contributed by atoms with Gasteiger partial charge in [0.25, 0.3) is 0 Å². The number of ether oxygens (including phenoxy) is 1. The maximum absolute atomic E-state index is 6.05. The van der Waals surface area contributed by atoms with Crippen LogP contribution in [-0.2, 0) is 0 Å². The summed E-state index contributed by atoms with van der Waals surface area (Å²) < 4.78 is 5.36. The Morgan fingerprint density at radius 2 is 2.17 bits per heavy atom. The van der Waals surface area contributed by atoms with E-state index < -0.39 is 0 Å². The molecule has 1 heterocycles. The SMILES string of the molecule is CNC(c1ccncn1)c1cc(Cl)ccc1OC. The first-order chi connectivity index (χ1) is 8.76. The zero-order valence-electron chi connectivity index (χ0n) is 10.2. The number of rotatable bonds is 4. The summed E-state index contributed by atoms with van der Waals surface area (Å²) in [6.45, 7) is 0. The van der Waals surface area contributed by atoms with E-state index in [9.17, 15) is 0 Å². The molecule has 0 aliphatic rings. The molecule has 0 aliphatic heterocycles. The highest BCUT2D eigenvalue weighted by atomic mass is 35.5. The first-order valence-electron chi connectivity index (χ1n) is 5.53. The predicted octanol–water partition coefficient (Wildman–Crippen LogP) is 2.45. The monoisotopic (exact) mass is 263 g/mol. The molecule has 0 radical (unpaired) electrons. The number of benzene rings is 1. The van der Waals surface area contributed by atoms with Gasteiger partial charge in [-0.25, -0.2) is 9.97 Å². The summed E-state index contributed by atoms with van der Waals surface area (Å²) in [5.74, 6) is 0.775. The van der Waals surface area contributed by atoms with Crippen LogP contribution in [0.3, 0.4) is 0 Å². The Kier molecular flexibility index (Phi) is 4.12. The average Bonchev–Trinajstić information content (AvgIpc) is 2.41. The summed E-state index contributed by atoms with van der Waals surface area (Å²) in [6.07, 6.45) is 3.24. The number of methoxy groups -OCH3 is 1. The van der Waals surface area contributed by atoms with Gasteiger partial charge in [-0.2, -0.15) is 0 Å². The van der Waals surface area contributed by atoms with E-state index in [2.05, 4.69) is 15.3 Å². The van der Waals surface area contributed by atoms with Crippen LogP contribution in [0.25, 0.3) is 0 Å². The summed E-state index contributed by atoms with van der Waals surface area (Å²) in [5, 5.41) is 3.87. The van der Waals surface area contributed by atoms with Gasteiger partial charge in [0.05, 0.1) is 18.8 Å². The molecular weight excluding hydrogens is 250 g/mol. The maximum atomic E-state index is 6.05. The average molecular weight is 264 g/mol. The van der Waals surface area contributed by atoms with E-state index in [0.717, 1.165) is 17.0 Å². The minimum absolute atomic E-state index is 0.0818. The summed E-state index contributed by atoms with van der Waals surface area (Å²) in [5.41, 5.74) is 1.82. The Bertz CT molecular complexity index is 519. The van der Waals surface area contributed by atoms with Crippen molar-refractivity contribution in [2.24, 2.45) is 0 Å². The fraction of sp³-hybridized carbons (Fsp3) is 0.231. The molecule has 5 heteroatoms. The largest absolute Gasteiger partial charge is 0.496 e. The molecule has 18 heavy (non-hydrogen) atoms. The van der Waals surface area contributed by atoms with Crippen LogP contribution in [0.5, 0.6) is 5.75 Å². The Morgan fingerprint density at radius 1 is 1.33 bits per heavy atom. The van der Waals surface area contributed by atoms with E-state index in [-0.39, 0.29) is 6.04 Å². The lowest BCUT2D eigenvalue weighted by molar-refractivity contribution is 0.405. The zero-order chi connectivity index (χ0) is 13.0. The van der Waals surface area contributed by atoms with Crippen LogP contribution in [-0.4, -0.2) is 24.1 Å². The summed E-state index contributed by atoms with van der Waals surface area (Å²) in [4.78, 5) is 8.18. The molecule has 0 saturated heterocycles. The molecule has 1 aromatic heterocycles. The molecule has 2 rings (SSSR count).